The van der Waals surface area contributed by atoms with E-state index in [4.69, 9.17) is 5.26 Å². The van der Waals surface area contributed by atoms with Crippen LogP contribution in [0.5, 0.6) is 0 Å². The van der Waals surface area contributed by atoms with Crippen molar-refractivity contribution in [1.29, 1.82) is 5.26 Å². The fraction of sp³-hybridized carbons (Fsp3) is 0.333. The van der Waals surface area contributed by atoms with Gasteiger partial charge in [-0.05, 0) is 25.0 Å². The molecule has 0 spiro atoms. The Hall–Kier alpha value is -1.82. The van der Waals surface area contributed by atoms with E-state index < -0.39 is 0 Å². The summed E-state index contributed by atoms with van der Waals surface area (Å²) in [5.74, 6) is -0.0281. The summed E-state index contributed by atoms with van der Waals surface area (Å²) in [6.07, 6.45) is 1.73. The molecule has 1 atom stereocenters. The summed E-state index contributed by atoms with van der Waals surface area (Å²) in [5.41, 5.74) is 0.666. The van der Waals surface area contributed by atoms with Gasteiger partial charge in [0.25, 0.3) is 5.91 Å². The van der Waals surface area contributed by atoms with Crippen LogP contribution in [-0.4, -0.2) is 23.4 Å². The van der Waals surface area contributed by atoms with E-state index >= 15 is 0 Å². The molecule has 0 saturated carbocycles. The zero-order valence-corrected chi connectivity index (χ0v) is 8.39. The molecule has 2 rings (SSSR count). The number of amides is 1. The van der Waals surface area contributed by atoms with Crippen LogP contribution in [0.2, 0.25) is 0 Å². The Kier molecular flexibility index (Phi) is 2.68. The number of nitrogens with zero attached hydrogens (tertiary/aromatic N) is 2. The fourth-order valence-corrected chi connectivity index (χ4v) is 1.89. The molecule has 3 nitrogen and oxygen atoms in total. The summed E-state index contributed by atoms with van der Waals surface area (Å²) in [6, 6.07) is 11.1. The molecule has 1 aliphatic rings. The molecule has 1 aliphatic heterocycles. The maximum atomic E-state index is 12.0. The van der Waals surface area contributed by atoms with Crippen molar-refractivity contribution < 1.29 is 4.79 Å². The predicted octanol–water partition coefficient (Wildman–Crippen LogP) is 1.81. The van der Waals surface area contributed by atoms with E-state index in [-0.39, 0.29) is 11.9 Å². The highest BCUT2D eigenvalue weighted by Gasteiger charge is 2.28. The topological polar surface area (TPSA) is 44.1 Å². The minimum Gasteiger partial charge on any atom is -0.323 e. The van der Waals surface area contributed by atoms with Gasteiger partial charge in [0.2, 0.25) is 0 Å². The summed E-state index contributed by atoms with van der Waals surface area (Å²) in [6.45, 7) is 0.700. The summed E-state index contributed by atoms with van der Waals surface area (Å²) in [4.78, 5) is 13.7. The Labute approximate surface area is 88.9 Å². The van der Waals surface area contributed by atoms with Crippen molar-refractivity contribution in [2.45, 2.75) is 18.9 Å². The number of rotatable bonds is 1. The number of nitriles is 1. The molecule has 1 fully saturated rings. The van der Waals surface area contributed by atoms with E-state index in [1.807, 2.05) is 18.2 Å². The van der Waals surface area contributed by atoms with Gasteiger partial charge in [0.05, 0.1) is 6.07 Å². The molecule has 76 valence electrons. The van der Waals surface area contributed by atoms with E-state index in [0.717, 1.165) is 12.8 Å². The molecule has 15 heavy (non-hydrogen) atoms. The minimum atomic E-state index is -0.238. The molecule has 0 radical (unpaired) electrons. The maximum absolute atomic E-state index is 12.0. The van der Waals surface area contributed by atoms with E-state index in [1.54, 1.807) is 17.0 Å². The number of hydrogen-bond donors (Lipinski definition) is 0. The van der Waals surface area contributed by atoms with Gasteiger partial charge in [-0.1, -0.05) is 18.2 Å². The van der Waals surface area contributed by atoms with E-state index in [1.165, 1.54) is 0 Å². The molecule has 0 unspecified atom stereocenters. The highest BCUT2D eigenvalue weighted by molar-refractivity contribution is 5.94. The summed E-state index contributed by atoms with van der Waals surface area (Å²) < 4.78 is 0. The summed E-state index contributed by atoms with van der Waals surface area (Å²) in [5, 5.41) is 8.89. The first kappa shape index (κ1) is 9.72. The van der Waals surface area contributed by atoms with Crippen molar-refractivity contribution >= 4 is 5.91 Å². The van der Waals surface area contributed by atoms with Gasteiger partial charge in [-0.2, -0.15) is 5.26 Å². The van der Waals surface area contributed by atoms with Crippen molar-refractivity contribution in [3.8, 4) is 6.07 Å². The third kappa shape index (κ3) is 1.84. The third-order valence-corrected chi connectivity index (χ3v) is 2.68. The van der Waals surface area contributed by atoms with Crippen LogP contribution in [0.15, 0.2) is 30.3 Å². The Balaban J connectivity index is 2.19. The standard InChI is InChI=1S/C12H12N2O/c13-9-11-7-4-8-14(11)12(15)10-5-2-1-3-6-10/h1-3,5-6,11H,4,7-8H2/t11-/m0/s1. The van der Waals surface area contributed by atoms with E-state index in [9.17, 15) is 4.79 Å². The van der Waals surface area contributed by atoms with Gasteiger partial charge < -0.3 is 4.90 Å². The summed E-state index contributed by atoms with van der Waals surface area (Å²) in [7, 11) is 0. The van der Waals surface area contributed by atoms with Crippen molar-refractivity contribution in [1.82, 2.24) is 4.90 Å². The van der Waals surface area contributed by atoms with Crippen LogP contribution in [-0.2, 0) is 0 Å². The molecule has 0 bridgehead atoms. The molecule has 0 aliphatic carbocycles. The van der Waals surface area contributed by atoms with Gasteiger partial charge in [0, 0.05) is 12.1 Å². The average molecular weight is 200 g/mol. The van der Waals surface area contributed by atoms with Crippen molar-refractivity contribution in [3.05, 3.63) is 35.9 Å². The highest BCUT2D eigenvalue weighted by atomic mass is 16.2. The minimum absolute atomic E-state index is 0.0281. The van der Waals surface area contributed by atoms with Crippen molar-refractivity contribution in [3.63, 3.8) is 0 Å². The lowest BCUT2D eigenvalue weighted by Crippen LogP contribution is -2.34. The Morgan fingerprint density at radius 2 is 2.13 bits per heavy atom. The van der Waals surface area contributed by atoms with Crippen LogP contribution >= 0.6 is 0 Å². The smallest absolute Gasteiger partial charge is 0.254 e. The molecule has 1 heterocycles. The normalized spacial score (nSPS) is 19.9. The van der Waals surface area contributed by atoms with Crippen molar-refractivity contribution in [2.75, 3.05) is 6.54 Å². The van der Waals surface area contributed by atoms with Crippen molar-refractivity contribution in [2.24, 2.45) is 0 Å². The van der Waals surface area contributed by atoms with Crippen LogP contribution in [0.25, 0.3) is 0 Å². The Bertz CT molecular complexity index is 394. The molecule has 1 saturated heterocycles. The zero-order chi connectivity index (χ0) is 10.7. The first-order valence-electron chi connectivity index (χ1n) is 5.08. The van der Waals surface area contributed by atoms with Gasteiger partial charge in [-0.3, -0.25) is 4.79 Å². The monoisotopic (exact) mass is 200 g/mol. The fourth-order valence-electron chi connectivity index (χ4n) is 1.89. The third-order valence-electron chi connectivity index (χ3n) is 2.68. The van der Waals surface area contributed by atoms with Gasteiger partial charge >= 0.3 is 0 Å². The second kappa shape index (κ2) is 4.14. The highest BCUT2D eigenvalue weighted by Crippen LogP contribution is 2.19. The molecule has 1 amide bonds. The molecule has 3 heteroatoms. The summed E-state index contributed by atoms with van der Waals surface area (Å²) >= 11 is 0. The van der Waals surface area contributed by atoms with Crippen LogP contribution in [0.4, 0.5) is 0 Å². The van der Waals surface area contributed by atoms with Gasteiger partial charge in [-0.15, -0.1) is 0 Å². The first-order valence-corrected chi connectivity index (χ1v) is 5.08. The lowest BCUT2D eigenvalue weighted by molar-refractivity contribution is 0.0765. The second-order valence-corrected chi connectivity index (χ2v) is 3.65. The second-order valence-electron chi connectivity index (χ2n) is 3.65. The van der Waals surface area contributed by atoms with Gasteiger partial charge in [0.1, 0.15) is 6.04 Å². The lowest BCUT2D eigenvalue weighted by atomic mass is 10.2. The maximum Gasteiger partial charge on any atom is 0.254 e. The average Bonchev–Trinajstić information content (AvgIpc) is 2.77. The number of carbonyl (C=O) groups excluding carboxylic acids is 1. The quantitative estimate of drug-likeness (QED) is 0.694. The SMILES string of the molecule is N#C[C@@H]1CCCN1C(=O)c1ccccc1. The zero-order valence-electron chi connectivity index (χ0n) is 8.39. The van der Waals surface area contributed by atoms with Crippen LogP contribution < -0.4 is 0 Å². The van der Waals surface area contributed by atoms with Crippen LogP contribution in [0.3, 0.4) is 0 Å². The van der Waals surface area contributed by atoms with E-state index in [2.05, 4.69) is 6.07 Å². The van der Waals surface area contributed by atoms with Crippen LogP contribution in [0, 0.1) is 11.3 Å². The number of benzene rings is 1. The molecule has 1 aromatic carbocycles. The van der Waals surface area contributed by atoms with E-state index in [0.29, 0.717) is 12.1 Å². The molecule has 1 aromatic rings. The number of hydrogen-bond acceptors (Lipinski definition) is 2. The largest absolute Gasteiger partial charge is 0.323 e. The van der Waals surface area contributed by atoms with Crippen LogP contribution in [0.1, 0.15) is 23.2 Å². The molecule has 0 N–H and O–H groups in total. The first-order chi connectivity index (χ1) is 7.33. The molecular weight excluding hydrogens is 188 g/mol. The lowest BCUT2D eigenvalue weighted by Gasteiger charge is -2.19. The number of likely N-dealkylation sites (tertiary alicyclic amines) is 1. The van der Waals surface area contributed by atoms with Gasteiger partial charge in [-0.25, -0.2) is 0 Å². The predicted molar refractivity (Wildman–Crippen MR) is 56.1 cm³/mol. The number of carbonyl (C=O) groups is 1. The Morgan fingerprint density at radius 3 is 2.80 bits per heavy atom. The molecule has 0 aromatic heterocycles. The Morgan fingerprint density at radius 1 is 1.40 bits per heavy atom. The van der Waals surface area contributed by atoms with Gasteiger partial charge in [0.15, 0.2) is 0 Å². The molecular formula is C12H12N2O.